The molecule has 0 aliphatic heterocycles. The fraction of sp³-hybridized carbons (Fsp3) is 0.308. The predicted octanol–water partition coefficient (Wildman–Crippen LogP) is 3.15. The van der Waals surface area contributed by atoms with Crippen LogP contribution in [0.3, 0.4) is 0 Å². The molecule has 18 heavy (non-hydrogen) atoms. The molecule has 0 fully saturated rings. The van der Waals surface area contributed by atoms with Gasteiger partial charge in [-0.25, -0.2) is 13.8 Å². The van der Waals surface area contributed by atoms with Crippen molar-refractivity contribution >= 4 is 0 Å². The Morgan fingerprint density at radius 3 is 2.78 bits per heavy atom. The van der Waals surface area contributed by atoms with E-state index in [0.717, 1.165) is 25.0 Å². The molecule has 0 amide bonds. The molecule has 0 radical (unpaired) electrons. The Kier molecular flexibility index (Phi) is 3.72. The molecule has 0 aliphatic carbocycles. The number of halogens is 2. The minimum atomic E-state index is -0.874. The van der Waals surface area contributed by atoms with Crippen LogP contribution in [0.2, 0.25) is 0 Å². The van der Waals surface area contributed by atoms with E-state index < -0.39 is 11.6 Å². The first kappa shape index (κ1) is 12.7. The largest absolute Gasteiger partial charge is 0.341 e. The molecule has 0 saturated carbocycles. The van der Waals surface area contributed by atoms with Gasteiger partial charge in [0.05, 0.1) is 17.9 Å². The lowest BCUT2D eigenvalue weighted by Gasteiger charge is -2.06. The molecule has 3 N–H and O–H groups in total. The topological polar surface area (TPSA) is 54.7 Å². The Balaban J connectivity index is 2.26. The Hall–Kier alpha value is -1.75. The number of hydrogen-bond donors (Lipinski definition) is 2. The van der Waals surface area contributed by atoms with Crippen molar-refractivity contribution in [3.63, 3.8) is 0 Å². The first-order valence-corrected chi connectivity index (χ1v) is 5.87. The molecular formula is C13H15F2N3. The normalized spacial score (nSPS) is 12.7. The number of hydrogen-bond acceptors (Lipinski definition) is 2. The molecule has 1 aromatic heterocycles. The number of benzene rings is 1. The number of nitrogens with one attached hydrogen (secondary N) is 1. The zero-order valence-corrected chi connectivity index (χ0v) is 10.1. The van der Waals surface area contributed by atoms with Gasteiger partial charge in [0.1, 0.15) is 5.82 Å². The van der Waals surface area contributed by atoms with E-state index in [1.54, 1.807) is 6.20 Å². The van der Waals surface area contributed by atoms with Crippen LogP contribution in [0.1, 0.15) is 31.6 Å². The van der Waals surface area contributed by atoms with Crippen molar-refractivity contribution in [2.75, 3.05) is 0 Å². The van der Waals surface area contributed by atoms with Crippen LogP contribution < -0.4 is 5.73 Å². The maximum absolute atomic E-state index is 13.1. The Morgan fingerprint density at radius 2 is 2.11 bits per heavy atom. The molecule has 1 atom stereocenters. The number of H-pyrrole nitrogens is 1. The van der Waals surface area contributed by atoms with Crippen LogP contribution in [0.4, 0.5) is 8.78 Å². The molecule has 3 nitrogen and oxygen atoms in total. The minimum Gasteiger partial charge on any atom is -0.341 e. The second-order valence-corrected chi connectivity index (χ2v) is 4.21. The van der Waals surface area contributed by atoms with Crippen LogP contribution in [0.25, 0.3) is 11.3 Å². The summed E-state index contributed by atoms with van der Waals surface area (Å²) in [5.41, 5.74) is 7.11. The lowest BCUT2D eigenvalue weighted by Crippen LogP contribution is -2.11. The monoisotopic (exact) mass is 251 g/mol. The van der Waals surface area contributed by atoms with Crippen LogP contribution >= 0.6 is 0 Å². The first-order chi connectivity index (χ1) is 8.61. The Morgan fingerprint density at radius 1 is 1.33 bits per heavy atom. The highest BCUT2D eigenvalue weighted by atomic mass is 19.2. The minimum absolute atomic E-state index is 0.158. The van der Waals surface area contributed by atoms with Gasteiger partial charge in [-0.15, -0.1) is 0 Å². The van der Waals surface area contributed by atoms with Crippen LogP contribution in [0, 0.1) is 11.6 Å². The number of nitrogens with two attached hydrogens (primary N) is 1. The van der Waals surface area contributed by atoms with Gasteiger partial charge in [0.15, 0.2) is 11.6 Å². The summed E-state index contributed by atoms with van der Waals surface area (Å²) in [6.07, 6.45) is 3.37. The van der Waals surface area contributed by atoms with Gasteiger partial charge in [0.2, 0.25) is 0 Å². The molecule has 2 rings (SSSR count). The summed E-state index contributed by atoms with van der Waals surface area (Å²) >= 11 is 0. The van der Waals surface area contributed by atoms with E-state index in [2.05, 4.69) is 9.97 Å². The van der Waals surface area contributed by atoms with Crippen LogP contribution in [-0.4, -0.2) is 9.97 Å². The number of imidazole rings is 1. The lowest BCUT2D eigenvalue weighted by molar-refractivity contribution is 0.509. The van der Waals surface area contributed by atoms with E-state index in [9.17, 15) is 8.78 Å². The average molecular weight is 251 g/mol. The highest BCUT2D eigenvalue weighted by molar-refractivity contribution is 5.58. The van der Waals surface area contributed by atoms with E-state index in [0.29, 0.717) is 17.1 Å². The van der Waals surface area contributed by atoms with E-state index in [-0.39, 0.29) is 6.04 Å². The Bertz CT molecular complexity index is 537. The molecule has 5 heteroatoms. The van der Waals surface area contributed by atoms with Crippen molar-refractivity contribution in [3.8, 4) is 11.3 Å². The molecule has 1 unspecified atom stereocenters. The smallest absolute Gasteiger partial charge is 0.159 e. The predicted molar refractivity (Wildman–Crippen MR) is 65.8 cm³/mol. The van der Waals surface area contributed by atoms with Crippen molar-refractivity contribution in [1.82, 2.24) is 9.97 Å². The molecule has 1 aromatic carbocycles. The van der Waals surface area contributed by atoms with Gasteiger partial charge >= 0.3 is 0 Å². The maximum atomic E-state index is 13.1. The molecule has 0 aliphatic rings. The lowest BCUT2D eigenvalue weighted by atomic mass is 10.1. The third-order valence-corrected chi connectivity index (χ3v) is 2.78. The molecular weight excluding hydrogens is 236 g/mol. The second-order valence-electron chi connectivity index (χ2n) is 4.21. The van der Waals surface area contributed by atoms with Crippen molar-refractivity contribution in [2.24, 2.45) is 5.73 Å². The molecule has 96 valence electrons. The third kappa shape index (κ3) is 2.56. The fourth-order valence-corrected chi connectivity index (χ4v) is 1.78. The van der Waals surface area contributed by atoms with Gasteiger partial charge in [-0.05, 0) is 24.6 Å². The van der Waals surface area contributed by atoms with Crippen molar-refractivity contribution < 1.29 is 8.78 Å². The third-order valence-electron chi connectivity index (χ3n) is 2.78. The summed E-state index contributed by atoms with van der Waals surface area (Å²) in [5, 5.41) is 0. The van der Waals surface area contributed by atoms with Gasteiger partial charge in [0.25, 0.3) is 0 Å². The summed E-state index contributed by atoms with van der Waals surface area (Å²) in [7, 11) is 0. The number of rotatable bonds is 4. The van der Waals surface area contributed by atoms with Crippen LogP contribution in [0.5, 0.6) is 0 Å². The van der Waals surface area contributed by atoms with Crippen LogP contribution in [-0.2, 0) is 0 Å². The summed E-state index contributed by atoms with van der Waals surface area (Å²) in [6.45, 7) is 2.04. The summed E-state index contributed by atoms with van der Waals surface area (Å²) in [5.74, 6) is -1.07. The van der Waals surface area contributed by atoms with Crippen LogP contribution in [0.15, 0.2) is 24.4 Å². The van der Waals surface area contributed by atoms with Gasteiger partial charge in [0, 0.05) is 5.56 Å². The molecule has 1 heterocycles. The van der Waals surface area contributed by atoms with E-state index in [1.807, 2.05) is 6.92 Å². The zero-order valence-electron chi connectivity index (χ0n) is 10.1. The number of aromatic nitrogens is 2. The molecule has 0 spiro atoms. The molecule has 2 aromatic rings. The maximum Gasteiger partial charge on any atom is 0.159 e. The van der Waals surface area contributed by atoms with Gasteiger partial charge in [-0.2, -0.15) is 0 Å². The quantitative estimate of drug-likeness (QED) is 0.877. The van der Waals surface area contributed by atoms with E-state index in [4.69, 9.17) is 5.73 Å². The number of aromatic amines is 1. The standard InChI is InChI=1S/C13H15F2N3/c1-2-3-11(16)13-17-7-12(18-13)8-4-5-9(14)10(15)6-8/h4-7,11H,2-3,16H2,1H3,(H,17,18). The second kappa shape index (κ2) is 5.27. The fourth-order valence-electron chi connectivity index (χ4n) is 1.78. The van der Waals surface area contributed by atoms with E-state index in [1.165, 1.54) is 6.07 Å². The summed E-state index contributed by atoms with van der Waals surface area (Å²) < 4.78 is 25.9. The number of nitrogens with zero attached hydrogens (tertiary/aromatic N) is 1. The zero-order chi connectivity index (χ0) is 13.1. The highest BCUT2D eigenvalue weighted by Crippen LogP contribution is 2.22. The molecule has 0 saturated heterocycles. The molecule has 0 bridgehead atoms. The van der Waals surface area contributed by atoms with Gasteiger partial charge < -0.3 is 10.7 Å². The summed E-state index contributed by atoms with van der Waals surface area (Å²) in [4.78, 5) is 7.20. The van der Waals surface area contributed by atoms with E-state index >= 15 is 0 Å². The van der Waals surface area contributed by atoms with Gasteiger partial charge in [-0.1, -0.05) is 13.3 Å². The van der Waals surface area contributed by atoms with Crippen molar-refractivity contribution in [2.45, 2.75) is 25.8 Å². The van der Waals surface area contributed by atoms with Crippen molar-refractivity contribution in [1.29, 1.82) is 0 Å². The SMILES string of the molecule is CCCC(N)c1ncc(-c2ccc(F)c(F)c2)[nH]1. The Labute approximate surface area is 104 Å². The van der Waals surface area contributed by atoms with Gasteiger partial charge in [-0.3, -0.25) is 0 Å². The first-order valence-electron chi connectivity index (χ1n) is 5.87. The summed E-state index contributed by atoms with van der Waals surface area (Å²) in [6, 6.07) is 3.57. The highest BCUT2D eigenvalue weighted by Gasteiger charge is 2.11. The van der Waals surface area contributed by atoms with Crippen molar-refractivity contribution in [3.05, 3.63) is 41.9 Å². The average Bonchev–Trinajstić information content (AvgIpc) is 2.82.